The molecule has 0 aliphatic heterocycles. The third-order valence-electron chi connectivity index (χ3n) is 16.0. The number of rotatable bonds is 21. The molecule has 0 saturated carbocycles. The molecule has 0 amide bonds. The molecule has 1 aromatic rings. The predicted octanol–water partition coefficient (Wildman–Crippen LogP) is 14.8. The summed E-state index contributed by atoms with van der Waals surface area (Å²) in [5.41, 5.74) is 3.10. The van der Waals surface area contributed by atoms with E-state index in [0.29, 0.717) is 31.6 Å². The van der Waals surface area contributed by atoms with Gasteiger partial charge in [0, 0.05) is 12.0 Å². The third kappa shape index (κ3) is 14.4. The van der Waals surface area contributed by atoms with Gasteiger partial charge in [-0.3, -0.25) is 0 Å². The summed E-state index contributed by atoms with van der Waals surface area (Å²) in [4.78, 5) is 0. The summed E-state index contributed by atoms with van der Waals surface area (Å²) in [7, 11) is -9.70. The molecule has 362 valence electrons. The number of hydrogen-bond acceptors (Lipinski definition) is 7. The van der Waals surface area contributed by atoms with Crippen molar-refractivity contribution in [2.75, 3.05) is 13.7 Å². The highest BCUT2D eigenvalue weighted by atomic mass is 28.4. The zero-order valence-corrected chi connectivity index (χ0v) is 50.0. The molecule has 1 aliphatic rings. The monoisotopic (exact) mass is 968 g/mol. The van der Waals surface area contributed by atoms with Crippen LogP contribution in [-0.4, -0.2) is 78.5 Å². The molecule has 7 nitrogen and oxygen atoms in total. The van der Waals surface area contributed by atoms with Crippen LogP contribution in [0.3, 0.4) is 0 Å². The van der Waals surface area contributed by atoms with Crippen molar-refractivity contribution < 1.29 is 27.2 Å². The van der Waals surface area contributed by atoms with E-state index in [2.05, 4.69) is 191 Å². The highest BCUT2D eigenvalue weighted by Gasteiger charge is 2.53. The maximum Gasteiger partial charge on any atom is 0.194 e. The van der Waals surface area contributed by atoms with E-state index in [-0.39, 0.29) is 21.2 Å². The molecule has 2 rings (SSSR count). The van der Waals surface area contributed by atoms with Crippen molar-refractivity contribution in [1.29, 1.82) is 5.26 Å². The number of benzene rings is 1. The minimum Gasteiger partial charge on any atom is -0.497 e. The van der Waals surface area contributed by atoms with Gasteiger partial charge in [0.2, 0.25) is 0 Å². The van der Waals surface area contributed by atoms with E-state index in [9.17, 15) is 5.26 Å². The number of nitrogens with zero attached hydrogens (tertiary/aromatic N) is 1. The molecular formula is C52H93NO6Si5. The Bertz CT molecular complexity index is 1840. The lowest BCUT2D eigenvalue weighted by molar-refractivity contribution is -0.0918. The molecular weight excluding hydrogens is 875 g/mol. The van der Waals surface area contributed by atoms with Gasteiger partial charge in [-0.2, -0.15) is 5.26 Å². The summed E-state index contributed by atoms with van der Waals surface area (Å²) in [6.07, 6.45) is 1.92. The number of nitriles is 1. The zero-order valence-electron chi connectivity index (χ0n) is 45.0. The van der Waals surface area contributed by atoms with Gasteiger partial charge in [-0.15, -0.1) is 11.5 Å². The van der Waals surface area contributed by atoms with Crippen LogP contribution in [0.1, 0.15) is 122 Å². The van der Waals surface area contributed by atoms with E-state index in [4.69, 9.17) is 27.2 Å². The predicted molar refractivity (Wildman–Crippen MR) is 284 cm³/mol. The fourth-order valence-electron chi connectivity index (χ4n) is 7.37. The first kappa shape index (κ1) is 58.4. The first-order valence-corrected chi connectivity index (χ1v) is 38.3. The summed E-state index contributed by atoms with van der Waals surface area (Å²) in [5.74, 6) is 12.2. The zero-order chi connectivity index (χ0) is 49.3. The lowest BCUT2D eigenvalue weighted by Crippen LogP contribution is -2.56. The first-order valence-electron chi connectivity index (χ1n) is 24.4. The van der Waals surface area contributed by atoms with Crippen LogP contribution in [0.4, 0.5) is 0 Å². The molecule has 4 atom stereocenters. The molecule has 0 spiro atoms. The number of methoxy groups -OCH3 is 1. The van der Waals surface area contributed by atoms with Gasteiger partial charge in [-0.05, 0) is 114 Å². The first-order chi connectivity index (χ1) is 29.3. The van der Waals surface area contributed by atoms with Gasteiger partial charge in [0.25, 0.3) is 0 Å². The van der Waals surface area contributed by atoms with Gasteiger partial charge < -0.3 is 27.2 Å². The highest BCUT2D eigenvalue weighted by molar-refractivity contribution is 6.87. The molecule has 1 aromatic carbocycles. The second-order valence-corrected chi connectivity index (χ2v) is 46.9. The van der Waals surface area contributed by atoms with Crippen molar-refractivity contribution in [3.8, 4) is 35.1 Å². The Hall–Kier alpha value is -1.75. The largest absolute Gasteiger partial charge is 0.497 e. The highest BCUT2D eigenvalue weighted by Crippen LogP contribution is 2.47. The molecule has 64 heavy (non-hydrogen) atoms. The molecule has 12 heteroatoms. The van der Waals surface area contributed by atoms with Crippen molar-refractivity contribution in [3.05, 3.63) is 41.5 Å². The summed E-state index contributed by atoms with van der Waals surface area (Å²) in [6, 6.07) is 16.8. The van der Waals surface area contributed by atoms with Crippen LogP contribution in [0.25, 0.3) is 0 Å². The Kier molecular flexibility index (Phi) is 20.6. The van der Waals surface area contributed by atoms with Crippen molar-refractivity contribution >= 4 is 41.3 Å². The minimum atomic E-state index is -2.51. The molecule has 0 heterocycles. The summed E-state index contributed by atoms with van der Waals surface area (Å²) >= 11 is 0. The summed E-state index contributed by atoms with van der Waals surface area (Å²) in [5, 5.41) is 11.3. The fourth-order valence-corrected chi connectivity index (χ4v) is 16.5. The van der Waals surface area contributed by atoms with Crippen LogP contribution >= 0.6 is 0 Å². The van der Waals surface area contributed by atoms with Gasteiger partial charge in [-0.1, -0.05) is 128 Å². The smallest absolute Gasteiger partial charge is 0.194 e. The normalized spacial score (nSPS) is 19.4. The van der Waals surface area contributed by atoms with Crippen molar-refractivity contribution in [1.82, 2.24) is 0 Å². The van der Waals surface area contributed by atoms with Crippen LogP contribution in [-0.2, 0) is 29.0 Å². The maximum atomic E-state index is 11.4. The van der Waals surface area contributed by atoms with E-state index in [1.807, 2.05) is 12.1 Å². The van der Waals surface area contributed by atoms with E-state index in [1.165, 1.54) is 0 Å². The Morgan fingerprint density at radius 2 is 1.25 bits per heavy atom. The van der Waals surface area contributed by atoms with E-state index in [1.54, 1.807) is 7.11 Å². The quantitative estimate of drug-likeness (QED) is 0.0897. The topological polar surface area (TPSA) is 79.2 Å². The molecule has 0 fully saturated rings. The lowest BCUT2D eigenvalue weighted by atomic mass is 9.91. The fraction of sp³-hybridized carbons (Fsp3) is 0.750. The molecule has 0 saturated heterocycles. The lowest BCUT2D eigenvalue weighted by Gasteiger charge is -2.45. The van der Waals surface area contributed by atoms with E-state index in [0.717, 1.165) is 47.6 Å². The Morgan fingerprint density at radius 3 is 1.69 bits per heavy atom. The molecule has 0 aromatic heterocycles. The number of ether oxygens (including phenoxy) is 2. The van der Waals surface area contributed by atoms with Gasteiger partial charge in [-0.25, -0.2) is 0 Å². The average Bonchev–Trinajstić information content (AvgIpc) is 3.54. The molecule has 0 radical (unpaired) electrons. The second kappa shape index (κ2) is 22.6. The third-order valence-corrected chi connectivity index (χ3v) is 38.9. The van der Waals surface area contributed by atoms with Crippen molar-refractivity contribution in [3.63, 3.8) is 0 Å². The molecule has 1 aliphatic carbocycles. The molecule has 0 bridgehead atoms. The van der Waals surface area contributed by atoms with E-state index >= 15 is 0 Å². The van der Waals surface area contributed by atoms with Crippen LogP contribution in [0.5, 0.6) is 5.75 Å². The van der Waals surface area contributed by atoms with Gasteiger partial charge in [0.15, 0.2) is 44.5 Å². The Morgan fingerprint density at radius 1 is 0.734 bits per heavy atom. The van der Waals surface area contributed by atoms with Crippen molar-refractivity contribution in [2.45, 2.75) is 237 Å². The minimum absolute atomic E-state index is 0.0203. The average molecular weight is 969 g/mol. The van der Waals surface area contributed by atoms with Gasteiger partial charge in [0.1, 0.15) is 26.0 Å². The summed E-state index contributed by atoms with van der Waals surface area (Å²) in [6.45, 7) is 48.1. The maximum absolute atomic E-state index is 11.4. The molecule has 0 N–H and O–H groups in total. The number of hydrogen-bond donors (Lipinski definition) is 0. The van der Waals surface area contributed by atoms with Gasteiger partial charge >= 0.3 is 0 Å². The van der Waals surface area contributed by atoms with Crippen LogP contribution in [0.15, 0.2) is 35.9 Å². The Balaban J connectivity index is 3.24. The van der Waals surface area contributed by atoms with Crippen LogP contribution in [0, 0.1) is 34.6 Å². The van der Waals surface area contributed by atoms with Crippen LogP contribution in [0.2, 0.25) is 90.7 Å². The Labute approximate surface area is 399 Å². The summed E-state index contributed by atoms with van der Waals surface area (Å²) < 4.78 is 42.2. The SMILES string of the molecule is CC[Si](C#CC[C@](C#CC1=C[C@@H](O[Si](C)(C)C(C)(C)C)C[C@@]1(C#N)O[Si](C)(C)C(C)(C)C)(O[Si](CC)(CC)CC)[C@H](CO[Si](C)(C)C(C)(C)C)OCc1ccc(OC)cc1)(CC)CC. The van der Waals surface area contributed by atoms with Crippen LogP contribution < -0.4 is 4.74 Å². The van der Waals surface area contributed by atoms with E-state index < -0.39 is 58.6 Å². The second-order valence-electron chi connectivity index (χ2n) is 23.0. The van der Waals surface area contributed by atoms with Crippen molar-refractivity contribution in [2.24, 2.45) is 0 Å². The standard InChI is InChI=1S/C52H93NO6Si5/c1-23-63(24-2,25-3)37-29-35-51(59-64(26-4,27-5)28-6,47(41-56-60(17,18)48(7,8)9)55-40-43-30-32-45(54-16)33-31-43)36-34-44-38-46(57-61(19,20)49(10,11)12)39-52(44,42-53)58-62(21,22)50(13,14)15/h30-33,38,46-47H,23-28,35,39-41H2,1-22H3/t46-,47+,51-,52+/m1/s1. The van der Waals surface area contributed by atoms with Gasteiger partial charge in [0.05, 0.1) is 32.8 Å². The molecule has 0 unspecified atom stereocenters.